The van der Waals surface area contributed by atoms with Crippen LogP contribution in [0.3, 0.4) is 0 Å². The normalized spacial score (nSPS) is 10.2. The first-order valence-electron chi connectivity index (χ1n) is 6.03. The SMILES string of the molecule is CCNC(=O)Cc1nc(-c2cccc([N+](=O)[O-])c2)n[nH]1. The third-order valence-corrected chi connectivity index (χ3v) is 2.55. The monoisotopic (exact) mass is 275 g/mol. The number of hydrogen-bond donors (Lipinski definition) is 2. The van der Waals surface area contributed by atoms with Gasteiger partial charge in [-0.2, -0.15) is 5.10 Å². The summed E-state index contributed by atoms with van der Waals surface area (Å²) in [6, 6.07) is 6.02. The first kappa shape index (κ1) is 13.7. The van der Waals surface area contributed by atoms with Gasteiger partial charge in [-0.05, 0) is 6.92 Å². The minimum atomic E-state index is -0.480. The summed E-state index contributed by atoms with van der Waals surface area (Å²) in [6.07, 6.45) is 0.0930. The van der Waals surface area contributed by atoms with E-state index in [1.54, 1.807) is 12.1 Å². The number of carbonyl (C=O) groups is 1. The molecule has 0 saturated heterocycles. The number of nitrogens with zero attached hydrogens (tertiary/aromatic N) is 3. The predicted molar refractivity (Wildman–Crippen MR) is 70.9 cm³/mol. The third kappa shape index (κ3) is 3.16. The van der Waals surface area contributed by atoms with E-state index in [2.05, 4.69) is 20.5 Å². The van der Waals surface area contributed by atoms with Crippen LogP contribution in [0.5, 0.6) is 0 Å². The molecule has 0 saturated carbocycles. The molecular formula is C12H13N5O3. The molecule has 1 heterocycles. The highest BCUT2D eigenvalue weighted by Crippen LogP contribution is 2.20. The highest BCUT2D eigenvalue weighted by atomic mass is 16.6. The number of rotatable bonds is 5. The van der Waals surface area contributed by atoms with E-state index in [0.717, 1.165) is 0 Å². The van der Waals surface area contributed by atoms with E-state index in [0.29, 0.717) is 23.8 Å². The molecule has 0 bridgehead atoms. The van der Waals surface area contributed by atoms with Crippen molar-refractivity contribution in [1.29, 1.82) is 0 Å². The summed E-state index contributed by atoms with van der Waals surface area (Å²) in [4.78, 5) is 25.8. The van der Waals surface area contributed by atoms with Gasteiger partial charge in [0.2, 0.25) is 5.91 Å². The molecule has 8 nitrogen and oxygen atoms in total. The van der Waals surface area contributed by atoms with E-state index in [1.807, 2.05) is 6.92 Å². The summed E-state index contributed by atoms with van der Waals surface area (Å²) in [5.74, 6) is 0.583. The lowest BCUT2D eigenvalue weighted by Gasteiger charge is -1.97. The van der Waals surface area contributed by atoms with Crippen molar-refractivity contribution in [3.05, 3.63) is 40.2 Å². The molecule has 8 heteroatoms. The second kappa shape index (κ2) is 5.91. The van der Waals surface area contributed by atoms with Crippen molar-refractivity contribution in [2.75, 3.05) is 6.54 Å². The molecule has 0 spiro atoms. The number of aromatic amines is 1. The zero-order valence-electron chi connectivity index (χ0n) is 10.8. The molecule has 0 aliphatic heterocycles. The van der Waals surface area contributed by atoms with Gasteiger partial charge in [-0.1, -0.05) is 12.1 Å². The van der Waals surface area contributed by atoms with Crippen LogP contribution in [0.4, 0.5) is 5.69 Å². The summed E-state index contributed by atoms with van der Waals surface area (Å²) in [6.45, 7) is 2.37. The van der Waals surface area contributed by atoms with Crippen LogP contribution in [0.15, 0.2) is 24.3 Å². The van der Waals surface area contributed by atoms with E-state index in [1.165, 1.54) is 12.1 Å². The Morgan fingerprint density at radius 2 is 2.30 bits per heavy atom. The van der Waals surface area contributed by atoms with Gasteiger partial charge in [-0.3, -0.25) is 20.0 Å². The van der Waals surface area contributed by atoms with Crippen molar-refractivity contribution in [2.24, 2.45) is 0 Å². The number of nitrogens with one attached hydrogen (secondary N) is 2. The largest absolute Gasteiger partial charge is 0.356 e. The smallest absolute Gasteiger partial charge is 0.270 e. The second-order valence-corrected chi connectivity index (χ2v) is 4.04. The summed E-state index contributed by atoms with van der Waals surface area (Å²) < 4.78 is 0. The van der Waals surface area contributed by atoms with Gasteiger partial charge < -0.3 is 5.32 Å². The molecule has 20 heavy (non-hydrogen) atoms. The van der Waals surface area contributed by atoms with Gasteiger partial charge in [0.15, 0.2) is 5.82 Å². The summed E-state index contributed by atoms with van der Waals surface area (Å²) in [7, 11) is 0. The molecule has 1 amide bonds. The first-order valence-corrected chi connectivity index (χ1v) is 6.03. The van der Waals surface area contributed by atoms with E-state index in [-0.39, 0.29) is 18.0 Å². The Morgan fingerprint density at radius 3 is 3.00 bits per heavy atom. The maximum atomic E-state index is 11.4. The van der Waals surface area contributed by atoms with Gasteiger partial charge >= 0.3 is 0 Å². The fourth-order valence-electron chi connectivity index (χ4n) is 1.67. The maximum absolute atomic E-state index is 11.4. The van der Waals surface area contributed by atoms with Crippen LogP contribution >= 0.6 is 0 Å². The van der Waals surface area contributed by atoms with Crippen LogP contribution in [0, 0.1) is 10.1 Å². The van der Waals surface area contributed by atoms with Crippen LogP contribution in [-0.2, 0) is 11.2 Å². The molecule has 1 aromatic carbocycles. The van der Waals surface area contributed by atoms with Crippen LogP contribution in [0.2, 0.25) is 0 Å². The minimum absolute atomic E-state index is 0.0300. The average molecular weight is 275 g/mol. The van der Waals surface area contributed by atoms with E-state index < -0.39 is 4.92 Å². The molecule has 0 radical (unpaired) electrons. The summed E-state index contributed by atoms with van der Waals surface area (Å²) >= 11 is 0. The number of nitro benzene ring substituents is 1. The number of carbonyl (C=O) groups excluding carboxylic acids is 1. The van der Waals surface area contributed by atoms with Crippen LogP contribution in [0.1, 0.15) is 12.7 Å². The van der Waals surface area contributed by atoms with Crippen LogP contribution in [-0.4, -0.2) is 32.6 Å². The number of nitro groups is 1. The lowest BCUT2D eigenvalue weighted by Crippen LogP contribution is -2.24. The van der Waals surface area contributed by atoms with Gasteiger partial charge in [0, 0.05) is 24.2 Å². The Labute approximate surface area is 114 Å². The van der Waals surface area contributed by atoms with Crippen molar-refractivity contribution in [2.45, 2.75) is 13.3 Å². The number of amides is 1. The van der Waals surface area contributed by atoms with Crippen molar-refractivity contribution in [3.63, 3.8) is 0 Å². The first-order chi connectivity index (χ1) is 9.60. The summed E-state index contributed by atoms with van der Waals surface area (Å²) in [5.41, 5.74) is 0.496. The van der Waals surface area contributed by atoms with Crippen molar-refractivity contribution in [1.82, 2.24) is 20.5 Å². The Hall–Kier alpha value is -2.77. The lowest BCUT2D eigenvalue weighted by atomic mass is 10.2. The summed E-state index contributed by atoms with van der Waals surface area (Å²) in [5, 5.41) is 20.0. The number of non-ortho nitro benzene ring substituents is 1. The molecule has 0 aliphatic carbocycles. The Bertz CT molecular complexity index is 638. The molecule has 2 N–H and O–H groups in total. The van der Waals surface area contributed by atoms with Crippen molar-refractivity contribution in [3.8, 4) is 11.4 Å². The van der Waals surface area contributed by atoms with E-state index >= 15 is 0 Å². The Balaban J connectivity index is 2.18. The van der Waals surface area contributed by atoms with E-state index in [9.17, 15) is 14.9 Å². The molecule has 0 atom stereocenters. The van der Waals surface area contributed by atoms with Crippen molar-refractivity contribution < 1.29 is 9.72 Å². The molecule has 2 rings (SSSR count). The lowest BCUT2D eigenvalue weighted by molar-refractivity contribution is -0.384. The zero-order valence-corrected chi connectivity index (χ0v) is 10.8. The third-order valence-electron chi connectivity index (χ3n) is 2.55. The number of benzene rings is 1. The second-order valence-electron chi connectivity index (χ2n) is 4.04. The molecule has 0 aliphatic rings. The molecule has 1 aromatic heterocycles. The Kier molecular flexibility index (Phi) is 4.04. The van der Waals surface area contributed by atoms with Gasteiger partial charge in [0.05, 0.1) is 11.3 Å². The number of aromatic nitrogens is 3. The van der Waals surface area contributed by atoms with Gasteiger partial charge in [-0.15, -0.1) is 0 Å². The van der Waals surface area contributed by atoms with E-state index in [4.69, 9.17) is 0 Å². The van der Waals surface area contributed by atoms with Gasteiger partial charge in [-0.25, -0.2) is 4.98 Å². The maximum Gasteiger partial charge on any atom is 0.270 e. The molecule has 2 aromatic rings. The number of likely N-dealkylation sites (N-methyl/N-ethyl adjacent to an activating group) is 1. The molecule has 0 unspecified atom stereocenters. The highest BCUT2D eigenvalue weighted by Gasteiger charge is 2.12. The quantitative estimate of drug-likeness (QED) is 0.625. The molecule has 104 valence electrons. The van der Waals surface area contributed by atoms with Gasteiger partial charge in [0.25, 0.3) is 5.69 Å². The minimum Gasteiger partial charge on any atom is -0.356 e. The van der Waals surface area contributed by atoms with Crippen molar-refractivity contribution >= 4 is 11.6 Å². The number of H-pyrrole nitrogens is 1. The number of hydrogen-bond acceptors (Lipinski definition) is 5. The molecular weight excluding hydrogens is 262 g/mol. The highest BCUT2D eigenvalue weighted by molar-refractivity contribution is 5.77. The fourth-order valence-corrected chi connectivity index (χ4v) is 1.67. The topological polar surface area (TPSA) is 114 Å². The average Bonchev–Trinajstić information content (AvgIpc) is 2.87. The fraction of sp³-hybridized carbons (Fsp3) is 0.250. The standard InChI is InChI=1S/C12H13N5O3/c1-2-13-11(18)7-10-14-12(16-15-10)8-4-3-5-9(6-8)17(19)20/h3-6H,2,7H2,1H3,(H,13,18)(H,14,15,16). The molecule has 0 fully saturated rings. The zero-order chi connectivity index (χ0) is 14.5. The van der Waals surface area contributed by atoms with Gasteiger partial charge in [0.1, 0.15) is 5.82 Å². The van der Waals surface area contributed by atoms with Crippen LogP contribution in [0.25, 0.3) is 11.4 Å². The Morgan fingerprint density at radius 1 is 1.50 bits per heavy atom. The van der Waals surface area contributed by atoms with Crippen LogP contribution < -0.4 is 5.32 Å². The predicted octanol–water partition coefficient (Wildman–Crippen LogP) is 1.06.